The number of halogens is 4. The Bertz CT molecular complexity index is 349. The molecule has 0 aliphatic carbocycles. The molecule has 0 heterocycles. The van der Waals surface area contributed by atoms with Crippen molar-refractivity contribution in [1.82, 2.24) is 0 Å². The molecule has 1 aromatic rings. The number of nitrogens with one attached hydrogen (secondary N) is 1. The summed E-state index contributed by atoms with van der Waals surface area (Å²) in [5.74, 6) is 0. The summed E-state index contributed by atoms with van der Waals surface area (Å²) in [5.41, 5.74) is 0.310. The minimum Gasteiger partial charge on any atom is -0.371 e. The molecular formula is C10H9ClF3N. The monoisotopic (exact) mass is 235 g/mol. The number of anilines is 1. The van der Waals surface area contributed by atoms with E-state index < -0.39 is 12.2 Å². The molecule has 0 fully saturated rings. The molecule has 0 radical (unpaired) electrons. The van der Waals surface area contributed by atoms with E-state index in [4.69, 9.17) is 11.6 Å². The molecule has 82 valence electrons. The van der Waals surface area contributed by atoms with E-state index in [9.17, 15) is 13.2 Å². The number of alkyl halides is 3. The van der Waals surface area contributed by atoms with Gasteiger partial charge < -0.3 is 5.32 Å². The van der Waals surface area contributed by atoms with Crippen molar-refractivity contribution in [3.8, 4) is 0 Å². The van der Waals surface area contributed by atoms with Crippen molar-refractivity contribution in [3.05, 3.63) is 41.9 Å². The highest BCUT2D eigenvalue weighted by atomic mass is 35.5. The van der Waals surface area contributed by atoms with Crippen LogP contribution >= 0.6 is 11.6 Å². The molecule has 1 rings (SSSR count). The fourth-order valence-corrected chi connectivity index (χ4v) is 1.22. The minimum atomic E-state index is -4.36. The Balaban J connectivity index is 2.80. The molecule has 0 aliphatic rings. The molecule has 15 heavy (non-hydrogen) atoms. The summed E-state index contributed by atoms with van der Waals surface area (Å²) in [5, 5.41) is 2.66. The molecule has 1 N–H and O–H groups in total. The summed E-state index contributed by atoms with van der Waals surface area (Å²) in [6.45, 7) is 3.13. The van der Waals surface area contributed by atoms with Crippen LogP contribution < -0.4 is 5.32 Å². The fourth-order valence-electron chi connectivity index (χ4n) is 1.03. The lowest BCUT2D eigenvalue weighted by atomic mass is 10.2. The molecule has 0 saturated heterocycles. The van der Waals surface area contributed by atoms with Crippen LogP contribution in [0, 0.1) is 0 Å². The Kier molecular flexibility index (Phi) is 3.63. The Hall–Kier alpha value is -1.16. The lowest BCUT2D eigenvalue weighted by molar-refractivity contribution is -0.132. The molecule has 0 bridgehead atoms. The second-order valence-corrected chi connectivity index (χ2v) is 3.35. The van der Waals surface area contributed by atoms with Crippen LogP contribution in [0.4, 0.5) is 18.9 Å². The van der Waals surface area contributed by atoms with E-state index >= 15 is 0 Å². The summed E-state index contributed by atoms with van der Waals surface area (Å²) in [4.78, 5) is 0. The molecule has 0 aromatic heterocycles. The molecule has 5 heteroatoms. The summed E-state index contributed by atoms with van der Waals surface area (Å²) in [6.07, 6.45) is -3.55. The third-order valence-corrected chi connectivity index (χ3v) is 1.97. The third-order valence-electron chi connectivity index (χ3n) is 1.74. The Morgan fingerprint density at radius 3 is 2.53 bits per heavy atom. The maximum Gasteiger partial charge on any atom is 0.412 e. The van der Waals surface area contributed by atoms with Gasteiger partial charge in [-0.1, -0.05) is 23.7 Å². The molecule has 0 saturated carbocycles. The Labute approximate surface area is 90.6 Å². The molecular weight excluding hydrogens is 227 g/mol. The van der Waals surface area contributed by atoms with Crippen molar-refractivity contribution in [3.63, 3.8) is 0 Å². The van der Waals surface area contributed by atoms with Crippen molar-refractivity contribution in [2.45, 2.75) is 12.2 Å². The maximum absolute atomic E-state index is 12.3. The highest BCUT2D eigenvalue weighted by Crippen LogP contribution is 2.25. The van der Waals surface area contributed by atoms with Gasteiger partial charge in [0.2, 0.25) is 0 Å². The van der Waals surface area contributed by atoms with Crippen LogP contribution in [0.5, 0.6) is 0 Å². The third kappa shape index (κ3) is 3.47. The lowest BCUT2D eigenvalue weighted by Gasteiger charge is -2.19. The number of benzene rings is 1. The van der Waals surface area contributed by atoms with Gasteiger partial charge >= 0.3 is 6.18 Å². The van der Waals surface area contributed by atoms with E-state index in [0.717, 1.165) is 6.08 Å². The van der Waals surface area contributed by atoms with Crippen molar-refractivity contribution >= 4 is 17.3 Å². The van der Waals surface area contributed by atoms with Gasteiger partial charge in [0.15, 0.2) is 0 Å². The van der Waals surface area contributed by atoms with E-state index in [0.29, 0.717) is 10.7 Å². The molecule has 0 spiro atoms. The second-order valence-electron chi connectivity index (χ2n) is 2.91. The molecule has 1 nitrogen and oxygen atoms in total. The topological polar surface area (TPSA) is 12.0 Å². The van der Waals surface area contributed by atoms with Crippen LogP contribution in [-0.4, -0.2) is 12.2 Å². The van der Waals surface area contributed by atoms with Gasteiger partial charge in [-0.15, -0.1) is 6.58 Å². The molecule has 1 atom stereocenters. The SMILES string of the molecule is C=CC(Nc1cccc(Cl)c1)C(F)(F)F. The highest BCUT2D eigenvalue weighted by molar-refractivity contribution is 6.30. The number of rotatable bonds is 3. The summed E-state index contributed by atoms with van der Waals surface area (Å²) in [7, 11) is 0. The molecule has 0 amide bonds. The van der Waals surface area contributed by atoms with Crippen molar-refractivity contribution < 1.29 is 13.2 Å². The van der Waals surface area contributed by atoms with Gasteiger partial charge in [0.25, 0.3) is 0 Å². The predicted octanol–water partition coefficient (Wildman–Crippen LogP) is 3.87. The van der Waals surface area contributed by atoms with Gasteiger partial charge in [-0.2, -0.15) is 13.2 Å². The largest absolute Gasteiger partial charge is 0.412 e. The standard InChI is InChI=1S/C10H9ClF3N/c1-2-9(10(12,13)14)15-8-5-3-4-7(11)6-8/h2-6,9,15H,1H2. The van der Waals surface area contributed by atoms with Crippen molar-refractivity contribution in [2.24, 2.45) is 0 Å². The van der Waals surface area contributed by atoms with Crippen LogP contribution in [0.1, 0.15) is 0 Å². The first-order chi connectivity index (χ1) is 6.93. The first-order valence-corrected chi connectivity index (χ1v) is 4.52. The van der Waals surface area contributed by atoms with E-state index in [1.54, 1.807) is 12.1 Å². The zero-order valence-electron chi connectivity index (χ0n) is 7.68. The van der Waals surface area contributed by atoms with Crippen LogP contribution in [0.25, 0.3) is 0 Å². The highest BCUT2D eigenvalue weighted by Gasteiger charge is 2.37. The summed E-state index contributed by atoms with van der Waals surface area (Å²) < 4.78 is 37.0. The van der Waals surface area contributed by atoms with Crippen LogP contribution in [0.3, 0.4) is 0 Å². The van der Waals surface area contributed by atoms with Crippen molar-refractivity contribution in [2.75, 3.05) is 5.32 Å². The average Bonchev–Trinajstić information content (AvgIpc) is 2.12. The van der Waals surface area contributed by atoms with Crippen LogP contribution in [0.15, 0.2) is 36.9 Å². The molecule has 1 aromatic carbocycles. The van der Waals surface area contributed by atoms with Gasteiger partial charge in [-0.05, 0) is 18.2 Å². The van der Waals surface area contributed by atoms with Gasteiger partial charge in [-0.25, -0.2) is 0 Å². The van der Waals surface area contributed by atoms with Crippen molar-refractivity contribution in [1.29, 1.82) is 0 Å². The average molecular weight is 236 g/mol. The maximum atomic E-state index is 12.3. The van der Waals surface area contributed by atoms with E-state index in [-0.39, 0.29) is 0 Å². The zero-order valence-corrected chi connectivity index (χ0v) is 8.44. The predicted molar refractivity (Wildman–Crippen MR) is 55.1 cm³/mol. The van der Waals surface area contributed by atoms with E-state index in [1.807, 2.05) is 0 Å². The fraction of sp³-hybridized carbons (Fsp3) is 0.200. The first kappa shape index (κ1) is 11.9. The smallest absolute Gasteiger partial charge is 0.371 e. The van der Waals surface area contributed by atoms with Gasteiger partial charge in [0.05, 0.1) is 0 Å². The first-order valence-electron chi connectivity index (χ1n) is 4.15. The molecule has 1 unspecified atom stereocenters. The minimum absolute atomic E-state index is 0.310. The summed E-state index contributed by atoms with van der Waals surface area (Å²) in [6, 6.07) is 4.32. The van der Waals surface area contributed by atoms with Gasteiger partial charge in [0, 0.05) is 10.7 Å². The second kappa shape index (κ2) is 4.57. The Morgan fingerprint density at radius 1 is 1.40 bits per heavy atom. The van der Waals surface area contributed by atoms with Crippen LogP contribution in [0.2, 0.25) is 5.02 Å². The normalized spacial score (nSPS) is 13.3. The summed E-state index contributed by atoms with van der Waals surface area (Å²) >= 11 is 5.64. The zero-order chi connectivity index (χ0) is 11.5. The van der Waals surface area contributed by atoms with Crippen LogP contribution in [-0.2, 0) is 0 Å². The molecule has 0 aliphatic heterocycles. The van der Waals surface area contributed by atoms with Gasteiger partial charge in [0.1, 0.15) is 6.04 Å². The number of hydrogen-bond acceptors (Lipinski definition) is 1. The number of hydrogen-bond donors (Lipinski definition) is 1. The van der Waals surface area contributed by atoms with E-state index in [2.05, 4.69) is 11.9 Å². The quantitative estimate of drug-likeness (QED) is 0.785. The van der Waals surface area contributed by atoms with E-state index in [1.165, 1.54) is 12.1 Å². The lowest BCUT2D eigenvalue weighted by Crippen LogP contribution is -2.34. The van der Waals surface area contributed by atoms with Gasteiger partial charge in [-0.3, -0.25) is 0 Å². The Morgan fingerprint density at radius 2 is 2.07 bits per heavy atom.